The van der Waals surface area contributed by atoms with Crippen molar-refractivity contribution in [2.75, 3.05) is 24.7 Å². The van der Waals surface area contributed by atoms with Crippen molar-refractivity contribution < 1.29 is 13.2 Å². The first-order chi connectivity index (χ1) is 10.9. The lowest BCUT2D eigenvalue weighted by molar-refractivity contribution is -0.120. The van der Waals surface area contributed by atoms with Gasteiger partial charge in [0.25, 0.3) is 0 Å². The standard InChI is InChI=1S/C16H19N3O3S/c1-23(21,22)19-10-4-7-13(11-19)16(20)18-14-8-2-5-12-6-3-9-17-15(12)14/h2-3,5-6,8-9,13H,4,7,10-11H2,1H3,(H,18,20)/t13-/m1/s1. The van der Waals surface area contributed by atoms with E-state index in [2.05, 4.69) is 10.3 Å². The van der Waals surface area contributed by atoms with Crippen molar-refractivity contribution in [2.24, 2.45) is 5.92 Å². The van der Waals surface area contributed by atoms with E-state index in [-0.39, 0.29) is 18.4 Å². The van der Waals surface area contributed by atoms with E-state index in [1.54, 1.807) is 6.20 Å². The van der Waals surface area contributed by atoms with E-state index in [9.17, 15) is 13.2 Å². The Kier molecular flexibility index (Phi) is 4.32. The lowest BCUT2D eigenvalue weighted by Crippen LogP contribution is -2.43. The Morgan fingerprint density at radius 2 is 2.09 bits per heavy atom. The average Bonchev–Trinajstić information content (AvgIpc) is 2.54. The Morgan fingerprint density at radius 1 is 1.30 bits per heavy atom. The normalized spacial score (nSPS) is 19.6. The molecule has 2 heterocycles. The molecule has 1 aliphatic rings. The molecular weight excluding hydrogens is 314 g/mol. The molecule has 1 atom stereocenters. The van der Waals surface area contributed by atoms with Crippen molar-refractivity contribution in [3.05, 3.63) is 36.5 Å². The van der Waals surface area contributed by atoms with Crippen LogP contribution in [-0.2, 0) is 14.8 Å². The highest BCUT2D eigenvalue weighted by Gasteiger charge is 2.30. The third-order valence-electron chi connectivity index (χ3n) is 4.11. The fraction of sp³-hybridized carbons (Fsp3) is 0.375. The molecule has 1 fully saturated rings. The van der Waals surface area contributed by atoms with Gasteiger partial charge in [0.15, 0.2) is 0 Å². The Hall–Kier alpha value is -1.99. The fourth-order valence-corrected chi connectivity index (χ4v) is 3.81. The van der Waals surface area contributed by atoms with Crippen LogP contribution in [-0.4, -0.2) is 43.0 Å². The zero-order valence-corrected chi connectivity index (χ0v) is 13.7. The number of nitrogens with one attached hydrogen (secondary N) is 1. The van der Waals surface area contributed by atoms with Crippen LogP contribution in [0.25, 0.3) is 10.9 Å². The monoisotopic (exact) mass is 333 g/mol. The highest BCUT2D eigenvalue weighted by atomic mass is 32.2. The first-order valence-electron chi connectivity index (χ1n) is 7.55. The maximum Gasteiger partial charge on any atom is 0.228 e. The van der Waals surface area contributed by atoms with Crippen LogP contribution in [0, 0.1) is 5.92 Å². The third kappa shape index (κ3) is 3.51. The predicted octanol–water partition coefficient (Wildman–Crippen LogP) is 1.84. The Morgan fingerprint density at radius 3 is 2.87 bits per heavy atom. The maximum atomic E-state index is 12.5. The molecule has 1 amide bonds. The summed E-state index contributed by atoms with van der Waals surface area (Å²) in [5.74, 6) is -0.492. The van der Waals surface area contributed by atoms with Crippen molar-refractivity contribution in [3.8, 4) is 0 Å². The molecule has 1 saturated heterocycles. The number of hydrogen-bond acceptors (Lipinski definition) is 4. The van der Waals surface area contributed by atoms with Gasteiger partial charge in [-0.2, -0.15) is 0 Å². The molecular formula is C16H19N3O3S. The molecule has 0 bridgehead atoms. The molecule has 23 heavy (non-hydrogen) atoms. The number of anilines is 1. The van der Waals surface area contributed by atoms with Crippen LogP contribution in [0.4, 0.5) is 5.69 Å². The summed E-state index contributed by atoms with van der Waals surface area (Å²) < 4.78 is 24.7. The summed E-state index contributed by atoms with van der Waals surface area (Å²) in [7, 11) is -3.26. The van der Waals surface area contributed by atoms with Gasteiger partial charge in [0, 0.05) is 24.7 Å². The Labute approximate surface area is 135 Å². The summed E-state index contributed by atoms with van der Waals surface area (Å²) in [6.45, 7) is 0.724. The summed E-state index contributed by atoms with van der Waals surface area (Å²) >= 11 is 0. The van der Waals surface area contributed by atoms with Gasteiger partial charge in [-0.3, -0.25) is 9.78 Å². The summed E-state index contributed by atoms with van der Waals surface area (Å²) in [5, 5.41) is 3.85. The van der Waals surface area contributed by atoms with Gasteiger partial charge in [0.05, 0.1) is 23.4 Å². The zero-order chi connectivity index (χ0) is 16.4. The number of carbonyl (C=O) groups excluding carboxylic acids is 1. The zero-order valence-electron chi connectivity index (χ0n) is 12.9. The van der Waals surface area contributed by atoms with Gasteiger partial charge in [-0.15, -0.1) is 0 Å². The van der Waals surface area contributed by atoms with Gasteiger partial charge in [0.2, 0.25) is 15.9 Å². The van der Waals surface area contributed by atoms with Crippen LogP contribution in [0.3, 0.4) is 0 Å². The van der Waals surface area contributed by atoms with Gasteiger partial charge in [-0.05, 0) is 25.0 Å². The minimum absolute atomic E-state index is 0.156. The van der Waals surface area contributed by atoms with Crippen molar-refractivity contribution in [3.63, 3.8) is 0 Å². The van der Waals surface area contributed by atoms with Crippen LogP contribution in [0.2, 0.25) is 0 Å². The van der Waals surface area contributed by atoms with Crippen molar-refractivity contribution in [1.82, 2.24) is 9.29 Å². The van der Waals surface area contributed by atoms with E-state index in [1.165, 1.54) is 10.6 Å². The van der Waals surface area contributed by atoms with Crippen LogP contribution in [0.1, 0.15) is 12.8 Å². The molecule has 2 aromatic rings. The minimum Gasteiger partial charge on any atom is -0.324 e. The van der Waals surface area contributed by atoms with E-state index < -0.39 is 10.0 Å². The molecule has 0 saturated carbocycles. The molecule has 0 radical (unpaired) electrons. The van der Waals surface area contributed by atoms with Crippen molar-refractivity contribution in [2.45, 2.75) is 12.8 Å². The lowest BCUT2D eigenvalue weighted by Gasteiger charge is -2.30. The van der Waals surface area contributed by atoms with E-state index >= 15 is 0 Å². The summed E-state index contributed by atoms with van der Waals surface area (Å²) in [5.41, 5.74) is 1.39. The third-order valence-corrected chi connectivity index (χ3v) is 5.38. The molecule has 0 spiro atoms. The second-order valence-electron chi connectivity index (χ2n) is 5.83. The average molecular weight is 333 g/mol. The van der Waals surface area contributed by atoms with Crippen molar-refractivity contribution >= 4 is 32.5 Å². The molecule has 6 nitrogen and oxygen atoms in total. The number of para-hydroxylation sites is 1. The molecule has 7 heteroatoms. The lowest BCUT2D eigenvalue weighted by atomic mass is 9.98. The number of benzene rings is 1. The quantitative estimate of drug-likeness (QED) is 0.929. The van der Waals surface area contributed by atoms with Gasteiger partial charge < -0.3 is 5.32 Å². The maximum absolute atomic E-state index is 12.5. The number of hydrogen-bond donors (Lipinski definition) is 1. The molecule has 1 N–H and O–H groups in total. The SMILES string of the molecule is CS(=O)(=O)N1CCC[C@@H](C(=O)Nc2cccc3cccnc23)C1. The minimum atomic E-state index is -3.26. The molecule has 0 unspecified atom stereocenters. The number of pyridine rings is 1. The van der Waals surface area contributed by atoms with Gasteiger partial charge in [0.1, 0.15) is 0 Å². The van der Waals surface area contributed by atoms with Gasteiger partial charge >= 0.3 is 0 Å². The summed E-state index contributed by atoms with van der Waals surface area (Å²) in [4.78, 5) is 16.8. The predicted molar refractivity (Wildman–Crippen MR) is 89.5 cm³/mol. The van der Waals surface area contributed by atoms with Gasteiger partial charge in [-0.1, -0.05) is 18.2 Å². The summed E-state index contributed by atoms with van der Waals surface area (Å²) in [6, 6.07) is 9.39. The van der Waals surface area contributed by atoms with Crippen molar-refractivity contribution in [1.29, 1.82) is 0 Å². The van der Waals surface area contributed by atoms with E-state index in [0.717, 1.165) is 10.9 Å². The number of amides is 1. The fourth-order valence-electron chi connectivity index (χ4n) is 2.90. The molecule has 1 aromatic carbocycles. The molecule has 1 aromatic heterocycles. The highest BCUT2D eigenvalue weighted by molar-refractivity contribution is 7.88. The number of nitrogens with zero attached hydrogens (tertiary/aromatic N) is 2. The van der Waals surface area contributed by atoms with E-state index in [4.69, 9.17) is 0 Å². The van der Waals surface area contributed by atoms with E-state index in [0.29, 0.717) is 25.1 Å². The number of sulfonamides is 1. The Balaban J connectivity index is 1.78. The smallest absolute Gasteiger partial charge is 0.228 e. The molecule has 3 rings (SSSR count). The number of carbonyl (C=O) groups is 1. The molecule has 0 aliphatic carbocycles. The second kappa shape index (κ2) is 6.25. The topological polar surface area (TPSA) is 79.4 Å². The number of piperidine rings is 1. The highest BCUT2D eigenvalue weighted by Crippen LogP contribution is 2.24. The van der Waals surface area contributed by atoms with Crippen LogP contribution in [0.15, 0.2) is 36.5 Å². The number of rotatable bonds is 3. The summed E-state index contributed by atoms with van der Waals surface area (Å²) in [6.07, 6.45) is 4.25. The van der Waals surface area contributed by atoms with Gasteiger partial charge in [-0.25, -0.2) is 12.7 Å². The largest absolute Gasteiger partial charge is 0.324 e. The molecule has 1 aliphatic heterocycles. The second-order valence-corrected chi connectivity index (χ2v) is 7.81. The number of aromatic nitrogens is 1. The Bertz CT molecular complexity index is 830. The first-order valence-corrected chi connectivity index (χ1v) is 9.40. The van der Waals surface area contributed by atoms with Crippen LogP contribution in [0.5, 0.6) is 0 Å². The molecule has 122 valence electrons. The van der Waals surface area contributed by atoms with Crippen LogP contribution < -0.4 is 5.32 Å². The van der Waals surface area contributed by atoms with Crippen LogP contribution >= 0.6 is 0 Å². The number of fused-ring (bicyclic) bond motifs is 1. The first kappa shape index (κ1) is 15.9. The van der Waals surface area contributed by atoms with E-state index in [1.807, 2.05) is 30.3 Å².